The number of fused-ring (bicyclic) bond motifs is 9. The number of furan rings is 1. The molecule has 0 atom stereocenters. The molecule has 11 aromatic rings. The Balaban J connectivity index is 1.20. The molecule has 0 saturated carbocycles. The molecule has 0 bridgehead atoms. The number of hydrogen-bond acceptors (Lipinski definition) is 4. The second kappa shape index (κ2) is 10.7. The van der Waals surface area contributed by atoms with Crippen LogP contribution in [0.25, 0.3) is 100.0 Å². The monoisotopic (exact) mass is 653 g/mol. The molecular formula is C45H27N5O. The van der Waals surface area contributed by atoms with E-state index in [0.29, 0.717) is 17.6 Å². The molecule has 4 heterocycles. The lowest BCUT2D eigenvalue weighted by molar-refractivity contribution is 0.666. The van der Waals surface area contributed by atoms with Gasteiger partial charge in [-0.3, -0.25) is 4.57 Å². The van der Waals surface area contributed by atoms with Crippen LogP contribution < -0.4 is 0 Å². The number of rotatable bonds is 4. The van der Waals surface area contributed by atoms with Gasteiger partial charge in [-0.25, -0.2) is 4.98 Å². The van der Waals surface area contributed by atoms with Crippen molar-refractivity contribution in [3.8, 4) is 34.4 Å². The van der Waals surface area contributed by atoms with Crippen LogP contribution in [0.3, 0.4) is 0 Å². The largest absolute Gasteiger partial charge is 0.454 e. The number of para-hydroxylation sites is 5. The minimum absolute atomic E-state index is 0.573. The van der Waals surface area contributed by atoms with Gasteiger partial charge in [-0.15, -0.1) is 0 Å². The molecule has 0 spiro atoms. The maximum atomic E-state index is 6.56. The topological polar surface area (TPSA) is 61.7 Å². The second-order valence-corrected chi connectivity index (χ2v) is 12.9. The first-order valence-corrected chi connectivity index (χ1v) is 17.0. The van der Waals surface area contributed by atoms with Crippen LogP contribution in [-0.2, 0) is 0 Å². The summed E-state index contributed by atoms with van der Waals surface area (Å²) in [5, 5.41) is 6.81. The first-order chi connectivity index (χ1) is 25.3. The molecule has 4 aromatic heterocycles. The van der Waals surface area contributed by atoms with E-state index in [2.05, 4.69) is 130 Å². The normalized spacial score (nSPS) is 11.9. The summed E-state index contributed by atoms with van der Waals surface area (Å²) in [6, 6.07) is 56.7. The predicted octanol–water partition coefficient (Wildman–Crippen LogP) is 11.3. The van der Waals surface area contributed by atoms with Crippen molar-refractivity contribution < 1.29 is 4.42 Å². The number of hydrogen-bond donors (Lipinski definition) is 0. The Morgan fingerprint density at radius 3 is 1.63 bits per heavy atom. The molecule has 51 heavy (non-hydrogen) atoms. The first kappa shape index (κ1) is 27.9. The summed E-state index contributed by atoms with van der Waals surface area (Å²) >= 11 is 0. The molecule has 11 rings (SSSR count). The molecule has 0 radical (unpaired) electrons. The molecule has 7 aromatic carbocycles. The summed E-state index contributed by atoms with van der Waals surface area (Å²) < 4.78 is 11.0. The maximum Gasteiger partial charge on any atom is 0.238 e. The molecule has 238 valence electrons. The average Bonchev–Trinajstić information content (AvgIpc) is 3.86. The van der Waals surface area contributed by atoms with E-state index in [4.69, 9.17) is 19.4 Å². The van der Waals surface area contributed by atoms with Crippen LogP contribution >= 0.6 is 0 Å². The van der Waals surface area contributed by atoms with E-state index in [-0.39, 0.29) is 0 Å². The summed E-state index contributed by atoms with van der Waals surface area (Å²) in [6.07, 6.45) is 0. The highest BCUT2D eigenvalue weighted by atomic mass is 16.3. The smallest absolute Gasteiger partial charge is 0.238 e. The highest BCUT2D eigenvalue weighted by molar-refractivity contribution is 6.13. The highest BCUT2D eigenvalue weighted by Crippen LogP contribution is 2.39. The SMILES string of the molecule is c1ccc(-c2nc(-c3ccc4c5ccccc5n(-c5cccc6c5oc5ccccc56)c4c3)nc(-n3c4ccccc4c4ccccc43)n2)cc1. The van der Waals surface area contributed by atoms with Crippen molar-refractivity contribution in [2.24, 2.45) is 0 Å². The molecule has 0 N–H and O–H groups in total. The van der Waals surface area contributed by atoms with Crippen molar-refractivity contribution in [2.45, 2.75) is 0 Å². The Hall–Kier alpha value is -7.05. The van der Waals surface area contributed by atoms with Gasteiger partial charge in [0, 0.05) is 43.4 Å². The molecule has 0 aliphatic carbocycles. The average molecular weight is 654 g/mol. The minimum Gasteiger partial charge on any atom is -0.454 e. The third kappa shape index (κ3) is 4.14. The van der Waals surface area contributed by atoms with Crippen molar-refractivity contribution in [2.75, 3.05) is 0 Å². The lowest BCUT2D eigenvalue weighted by Crippen LogP contribution is -2.06. The fraction of sp³-hybridized carbons (Fsp3) is 0. The Morgan fingerprint density at radius 2 is 0.922 bits per heavy atom. The molecule has 6 nitrogen and oxygen atoms in total. The Bertz CT molecular complexity index is 3100. The van der Waals surface area contributed by atoms with Gasteiger partial charge < -0.3 is 8.98 Å². The summed E-state index contributed by atoms with van der Waals surface area (Å²) in [5.74, 6) is 1.79. The van der Waals surface area contributed by atoms with E-state index in [1.54, 1.807) is 0 Å². The summed E-state index contributed by atoms with van der Waals surface area (Å²) in [6.45, 7) is 0. The molecule has 0 aliphatic heterocycles. The van der Waals surface area contributed by atoms with Crippen LogP contribution in [0, 0.1) is 0 Å². The van der Waals surface area contributed by atoms with Gasteiger partial charge in [0.1, 0.15) is 5.58 Å². The molecule has 0 aliphatic rings. The summed E-state index contributed by atoms with van der Waals surface area (Å²) in [5.41, 5.74) is 8.77. The molecule has 0 unspecified atom stereocenters. The second-order valence-electron chi connectivity index (χ2n) is 12.9. The van der Waals surface area contributed by atoms with Gasteiger partial charge in [0.15, 0.2) is 17.2 Å². The Labute approximate surface area is 291 Å². The van der Waals surface area contributed by atoms with E-state index in [9.17, 15) is 0 Å². The van der Waals surface area contributed by atoms with E-state index in [1.165, 1.54) is 5.39 Å². The van der Waals surface area contributed by atoms with Crippen LogP contribution in [0.5, 0.6) is 0 Å². The zero-order chi connectivity index (χ0) is 33.5. The van der Waals surface area contributed by atoms with E-state index < -0.39 is 0 Å². The molecule has 0 fully saturated rings. The van der Waals surface area contributed by atoms with Crippen molar-refractivity contribution in [3.63, 3.8) is 0 Å². The maximum absolute atomic E-state index is 6.56. The fourth-order valence-electron chi connectivity index (χ4n) is 7.73. The van der Waals surface area contributed by atoms with Crippen LogP contribution in [0.1, 0.15) is 0 Å². The minimum atomic E-state index is 0.573. The fourth-order valence-corrected chi connectivity index (χ4v) is 7.73. The van der Waals surface area contributed by atoms with Crippen molar-refractivity contribution >= 4 is 65.6 Å². The van der Waals surface area contributed by atoms with Crippen molar-refractivity contribution in [1.82, 2.24) is 24.1 Å². The lowest BCUT2D eigenvalue weighted by Gasteiger charge is -2.12. The van der Waals surface area contributed by atoms with Gasteiger partial charge in [-0.1, -0.05) is 127 Å². The summed E-state index contributed by atoms with van der Waals surface area (Å²) in [7, 11) is 0. The Morgan fingerprint density at radius 1 is 0.373 bits per heavy atom. The predicted molar refractivity (Wildman–Crippen MR) is 207 cm³/mol. The first-order valence-electron chi connectivity index (χ1n) is 17.0. The van der Waals surface area contributed by atoms with Crippen LogP contribution in [0.4, 0.5) is 0 Å². The van der Waals surface area contributed by atoms with Gasteiger partial charge in [0.05, 0.1) is 27.8 Å². The van der Waals surface area contributed by atoms with Gasteiger partial charge in [0.25, 0.3) is 0 Å². The van der Waals surface area contributed by atoms with E-state index >= 15 is 0 Å². The lowest BCUT2D eigenvalue weighted by atomic mass is 10.1. The zero-order valence-electron chi connectivity index (χ0n) is 27.2. The molecule has 0 amide bonds. The highest BCUT2D eigenvalue weighted by Gasteiger charge is 2.21. The number of benzene rings is 7. The standard InChI is InChI=1S/C45H27N5O/c1-2-13-28(14-3-1)43-46-44(48-45(47-43)50-37-21-9-5-15-30(37)31-16-6-10-22-38(31)50)29-25-26-33-32-17-4-8-20-36(32)49(40(33)27-29)39-23-12-19-35-34-18-7-11-24-41(34)51-42(35)39/h1-27H. The molecular weight excluding hydrogens is 627 g/mol. The van der Waals surface area contributed by atoms with Crippen LogP contribution in [0.2, 0.25) is 0 Å². The quantitative estimate of drug-likeness (QED) is 0.190. The van der Waals surface area contributed by atoms with E-state index in [0.717, 1.165) is 77.0 Å². The Kier molecular flexibility index (Phi) is 5.86. The number of aromatic nitrogens is 5. The van der Waals surface area contributed by atoms with Gasteiger partial charge >= 0.3 is 0 Å². The summed E-state index contributed by atoms with van der Waals surface area (Å²) in [4.78, 5) is 15.5. The van der Waals surface area contributed by atoms with E-state index in [1.807, 2.05) is 42.5 Å². The van der Waals surface area contributed by atoms with Gasteiger partial charge in [0.2, 0.25) is 5.95 Å². The molecule has 6 heteroatoms. The number of nitrogens with zero attached hydrogens (tertiary/aromatic N) is 5. The van der Waals surface area contributed by atoms with Crippen LogP contribution in [0.15, 0.2) is 168 Å². The third-order valence-corrected chi connectivity index (χ3v) is 9.99. The van der Waals surface area contributed by atoms with Crippen molar-refractivity contribution in [1.29, 1.82) is 0 Å². The van der Waals surface area contributed by atoms with Gasteiger partial charge in [-0.2, -0.15) is 9.97 Å². The zero-order valence-corrected chi connectivity index (χ0v) is 27.2. The van der Waals surface area contributed by atoms with Crippen LogP contribution in [-0.4, -0.2) is 24.1 Å². The van der Waals surface area contributed by atoms with Gasteiger partial charge in [-0.05, 0) is 36.4 Å². The third-order valence-electron chi connectivity index (χ3n) is 9.99. The molecule has 0 saturated heterocycles. The van der Waals surface area contributed by atoms with Crippen molar-refractivity contribution in [3.05, 3.63) is 164 Å².